The van der Waals surface area contributed by atoms with Gasteiger partial charge in [0.05, 0.1) is 19.6 Å². The lowest BCUT2D eigenvalue weighted by Crippen LogP contribution is -2.65. The van der Waals surface area contributed by atoms with Gasteiger partial charge in [-0.3, -0.25) is 4.79 Å². The Morgan fingerprint density at radius 1 is 0.865 bits per heavy atom. The van der Waals surface area contributed by atoms with Crippen LogP contribution < -0.4 is 5.32 Å². The molecule has 3 aromatic carbocycles. The molecule has 3 aliphatic heterocycles. The number of carbonyl (C=O) groups is 2. The summed E-state index contributed by atoms with van der Waals surface area (Å²) in [7, 11) is 0. The van der Waals surface area contributed by atoms with Crippen molar-refractivity contribution in [2.45, 2.75) is 31.0 Å². The van der Waals surface area contributed by atoms with Crippen molar-refractivity contribution in [2.75, 3.05) is 32.7 Å². The van der Waals surface area contributed by atoms with E-state index in [1.54, 1.807) is 24.3 Å². The number of piperidine rings is 3. The Hall–Kier alpha value is -3.48. The van der Waals surface area contributed by atoms with Gasteiger partial charge in [0.2, 0.25) is 5.60 Å². The Balaban J connectivity index is 1.24. The average molecular weight is 500 g/mol. The molecule has 192 valence electrons. The molecule has 1 unspecified atom stereocenters. The molecule has 6 heteroatoms. The van der Waals surface area contributed by atoms with E-state index < -0.39 is 11.6 Å². The van der Waals surface area contributed by atoms with Crippen molar-refractivity contribution in [3.8, 4) is 0 Å². The first-order chi connectivity index (χ1) is 18.0. The van der Waals surface area contributed by atoms with Crippen molar-refractivity contribution in [3.05, 3.63) is 108 Å². The Kier molecular flexibility index (Phi) is 7.40. The third-order valence-corrected chi connectivity index (χ3v) is 8.11. The van der Waals surface area contributed by atoms with Gasteiger partial charge in [0, 0.05) is 37.3 Å². The number of fused-ring (bicyclic) bond motifs is 3. The van der Waals surface area contributed by atoms with Crippen LogP contribution in [0.4, 0.5) is 0 Å². The molecule has 1 amide bonds. The summed E-state index contributed by atoms with van der Waals surface area (Å²) in [5.41, 5.74) is -0.179. The molecule has 0 saturated carbocycles. The SMILES string of the molecule is O=C(NCCC[N+]12CCC(CC1)C(OC(=O)C(O)(c1ccccc1)c1ccccc1)C2)c1ccccc1. The van der Waals surface area contributed by atoms with E-state index in [-0.39, 0.29) is 12.0 Å². The van der Waals surface area contributed by atoms with Gasteiger partial charge in [-0.15, -0.1) is 0 Å². The van der Waals surface area contributed by atoms with E-state index in [2.05, 4.69) is 5.32 Å². The zero-order valence-electron chi connectivity index (χ0n) is 21.1. The lowest BCUT2D eigenvalue weighted by atomic mass is 9.82. The Morgan fingerprint density at radius 2 is 1.41 bits per heavy atom. The number of nitrogens with one attached hydrogen (secondary N) is 1. The fourth-order valence-electron chi connectivity index (χ4n) is 5.96. The van der Waals surface area contributed by atoms with Gasteiger partial charge in [-0.2, -0.15) is 0 Å². The summed E-state index contributed by atoms with van der Waals surface area (Å²) >= 11 is 0. The second-order valence-corrected chi connectivity index (χ2v) is 10.4. The van der Waals surface area contributed by atoms with Crippen LogP contribution in [0.15, 0.2) is 91.0 Å². The standard InChI is InChI=1S/C31H34N2O4/c34-29(25-11-4-1-5-12-25)32-19-10-20-33-21-17-24(18-22-33)28(23-33)37-30(35)31(36,26-13-6-2-7-14-26)27-15-8-3-9-16-27/h1-9,11-16,24,28,36H,10,17-23H2/p+1. The van der Waals surface area contributed by atoms with Crippen LogP contribution in [0.5, 0.6) is 0 Å². The number of aliphatic hydroxyl groups is 1. The van der Waals surface area contributed by atoms with Crippen LogP contribution in [0.1, 0.15) is 40.7 Å². The van der Waals surface area contributed by atoms with Crippen molar-refractivity contribution in [2.24, 2.45) is 5.92 Å². The Labute approximate surface area is 218 Å². The van der Waals surface area contributed by atoms with E-state index in [1.807, 2.05) is 66.7 Å². The average Bonchev–Trinajstić information content (AvgIpc) is 2.96. The van der Waals surface area contributed by atoms with Crippen molar-refractivity contribution < 1.29 is 23.9 Å². The maximum atomic E-state index is 13.7. The highest BCUT2D eigenvalue weighted by Gasteiger charge is 2.50. The largest absolute Gasteiger partial charge is 0.453 e. The van der Waals surface area contributed by atoms with Crippen LogP contribution in [-0.4, -0.2) is 60.3 Å². The number of benzene rings is 3. The van der Waals surface area contributed by atoms with E-state index >= 15 is 0 Å². The van der Waals surface area contributed by atoms with Crippen LogP contribution in [0.2, 0.25) is 0 Å². The fraction of sp³-hybridized carbons (Fsp3) is 0.355. The molecule has 0 radical (unpaired) electrons. The third kappa shape index (κ3) is 5.31. The predicted molar refractivity (Wildman–Crippen MR) is 142 cm³/mol. The van der Waals surface area contributed by atoms with Crippen LogP contribution in [0.25, 0.3) is 0 Å². The predicted octanol–water partition coefficient (Wildman–Crippen LogP) is 3.89. The first kappa shape index (κ1) is 25.2. The van der Waals surface area contributed by atoms with Gasteiger partial charge < -0.3 is 19.6 Å². The van der Waals surface area contributed by atoms with Gasteiger partial charge in [0.25, 0.3) is 5.91 Å². The lowest BCUT2D eigenvalue weighted by molar-refractivity contribution is -0.946. The summed E-state index contributed by atoms with van der Waals surface area (Å²) in [6.07, 6.45) is 2.64. The molecule has 6 rings (SSSR count). The number of hydrogen-bond donors (Lipinski definition) is 2. The van der Waals surface area contributed by atoms with Crippen molar-refractivity contribution in [3.63, 3.8) is 0 Å². The number of rotatable bonds is 9. The minimum atomic E-state index is -1.86. The van der Waals surface area contributed by atoms with E-state index in [0.29, 0.717) is 29.2 Å². The molecular formula is C31H35N2O4+. The smallest absolute Gasteiger partial charge is 0.348 e. The molecule has 0 aromatic heterocycles. The number of hydrogen-bond acceptors (Lipinski definition) is 4. The molecule has 3 fully saturated rings. The summed E-state index contributed by atoms with van der Waals surface area (Å²) in [4.78, 5) is 26.0. The first-order valence-electron chi connectivity index (χ1n) is 13.2. The fourth-order valence-corrected chi connectivity index (χ4v) is 5.96. The maximum Gasteiger partial charge on any atom is 0.348 e. The van der Waals surface area contributed by atoms with Crippen molar-refractivity contribution in [1.29, 1.82) is 0 Å². The lowest BCUT2D eigenvalue weighted by Gasteiger charge is -2.52. The molecule has 6 nitrogen and oxygen atoms in total. The van der Waals surface area contributed by atoms with Crippen LogP contribution >= 0.6 is 0 Å². The third-order valence-electron chi connectivity index (χ3n) is 8.11. The normalized spacial score (nSPS) is 22.8. The second-order valence-electron chi connectivity index (χ2n) is 10.4. The Morgan fingerprint density at radius 3 is 1.97 bits per heavy atom. The van der Waals surface area contributed by atoms with Crippen LogP contribution in [0, 0.1) is 5.92 Å². The van der Waals surface area contributed by atoms with Gasteiger partial charge in [-0.1, -0.05) is 78.9 Å². The van der Waals surface area contributed by atoms with Gasteiger partial charge >= 0.3 is 5.97 Å². The summed E-state index contributed by atoms with van der Waals surface area (Å²) < 4.78 is 7.05. The molecular weight excluding hydrogens is 464 g/mol. The number of carbonyl (C=O) groups excluding carboxylic acids is 2. The van der Waals surface area contributed by atoms with E-state index in [1.165, 1.54) is 0 Å². The highest BCUT2D eigenvalue weighted by molar-refractivity contribution is 5.94. The van der Waals surface area contributed by atoms with Gasteiger partial charge in [0.15, 0.2) is 6.10 Å². The molecule has 0 aliphatic carbocycles. The van der Waals surface area contributed by atoms with Crippen molar-refractivity contribution >= 4 is 11.9 Å². The maximum absolute atomic E-state index is 13.7. The van der Waals surface area contributed by atoms with E-state index in [9.17, 15) is 14.7 Å². The molecule has 2 bridgehead atoms. The molecule has 3 aliphatic rings. The second kappa shape index (κ2) is 10.9. The first-order valence-corrected chi connectivity index (χ1v) is 13.2. The summed E-state index contributed by atoms with van der Waals surface area (Å²) in [6, 6.07) is 27.3. The zero-order chi connectivity index (χ0) is 25.7. The quantitative estimate of drug-likeness (QED) is 0.266. The number of esters is 1. The molecule has 37 heavy (non-hydrogen) atoms. The summed E-state index contributed by atoms with van der Waals surface area (Å²) in [5.74, 6) is -0.347. The number of quaternary nitrogens is 1. The molecule has 3 aromatic rings. The molecule has 0 spiro atoms. The highest BCUT2D eigenvalue weighted by atomic mass is 16.6. The van der Waals surface area contributed by atoms with E-state index in [4.69, 9.17) is 4.74 Å². The van der Waals surface area contributed by atoms with Gasteiger partial charge in [-0.25, -0.2) is 4.79 Å². The van der Waals surface area contributed by atoms with Crippen LogP contribution in [-0.2, 0) is 15.1 Å². The highest BCUT2D eigenvalue weighted by Crippen LogP contribution is 2.38. The molecule has 1 atom stereocenters. The minimum absolute atomic E-state index is 0.0501. The summed E-state index contributed by atoms with van der Waals surface area (Å²) in [5, 5.41) is 14.8. The molecule has 3 heterocycles. The number of nitrogens with zero attached hydrogens (tertiary/aromatic N) is 1. The topological polar surface area (TPSA) is 75.6 Å². The van der Waals surface area contributed by atoms with Crippen LogP contribution in [0.3, 0.4) is 0 Å². The van der Waals surface area contributed by atoms with Gasteiger partial charge in [-0.05, 0) is 23.3 Å². The summed E-state index contributed by atoms with van der Waals surface area (Å²) in [6.45, 7) is 4.42. The Bertz CT molecular complexity index is 1150. The number of amides is 1. The number of ether oxygens (including phenoxy) is 1. The molecule has 3 saturated heterocycles. The monoisotopic (exact) mass is 499 g/mol. The van der Waals surface area contributed by atoms with Gasteiger partial charge in [0.1, 0.15) is 6.54 Å². The minimum Gasteiger partial charge on any atom is -0.453 e. The van der Waals surface area contributed by atoms with E-state index in [0.717, 1.165) is 49.9 Å². The van der Waals surface area contributed by atoms with Crippen molar-refractivity contribution in [1.82, 2.24) is 5.32 Å². The zero-order valence-corrected chi connectivity index (χ0v) is 21.1. The molecule has 2 N–H and O–H groups in total.